The summed E-state index contributed by atoms with van der Waals surface area (Å²) < 4.78 is 44.9. The Labute approximate surface area is 77.6 Å². The van der Waals surface area contributed by atoms with Crippen LogP contribution in [0.3, 0.4) is 0 Å². The first-order valence-corrected chi connectivity index (χ1v) is 3.22. The fourth-order valence-electron chi connectivity index (χ4n) is 0.928. The zero-order valence-electron chi connectivity index (χ0n) is 12.1. The van der Waals surface area contributed by atoms with Crippen molar-refractivity contribution in [1.29, 1.82) is 0 Å². The second-order valence-electron chi connectivity index (χ2n) is 2.27. The number of hydrogen-bond donors (Lipinski definition) is 3. The summed E-state index contributed by atoms with van der Waals surface area (Å²) in [5.74, 6) is -1.07. The smallest absolute Gasteiger partial charge is 0.271 e. The van der Waals surface area contributed by atoms with Gasteiger partial charge in [-0.15, -0.1) is 0 Å². The molecule has 2 rings (SSSR count). The average molecular weight is 173 g/mol. The highest BCUT2D eigenvalue weighted by Crippen LogP contribution is 2.06. The number of carbonyl (C=O) groups excluding carboxylic acids is 1. The maximum Gasteiger partial charge on any atom is 0.271 e. The third kappa shape index (κ3) is 1.01. The zero-order chi connectivity index (χ0) is 13.9. The third-order valence-corrected chi connectivity index (χ3v) is 1.36. The van der Waals surface area contributed by atoms with Crippen LogP contribution in [0, 0.1) is 0 Å². The van der Waals surface area contributed by atoms with Crippen molar-refractivity contribution in [3.63, 3.8) is 0 Å². The van der Waals surface area contributed by atoms with E-state index >= 15 is 0 Å². The molecule has 2 aliphatic rings. The minimum absolute atomic E-state index is 0.0558. The molecular weight excluding hydrogens is 158 g/mol. The lowest BCUT2D eigenvalue weighted by Gasteiger charge is -2.25. The van der Waals surface area contributed by atoms with Crippen molar-refractivity contribution in [2.75, 3.05) is 0 Å². The number of nitrogens with two attached hydrogens (primary N) is 1. The molecule has 0 aromatic heterocycles. The molecule has 2 unspecified atom stereocenters. The van der Waals surface area contributed by atoms with E-state index in [-0.39, 0.29) is 22.2 Å². The van der Waals surface area contributed by atoms with Crippen LogP contribution in [0.15, 0.2) is 9.98 Å². The summed E-state index contributed by atoms with van der Waals surface area (Å²) >= 11 is 0. The molecule has 6 heteroatoms. The number of aliphatic imine (C=N–C) groups is 2. The lowest BCUT2D eigenvalue weighted by Crippen LogP contribution is -2.64. The van der Waals surface area contributed by atoms with Gasteiger partial charge in [0.2, 0.25) is 0 Å². The minimum atomic E-state index is -2.80. The summed E-state index contributed by atoms with van der Waals surface area (Å²) in [5.41, 5.74) is -0.809. The fourth-order valence-corrected chi connectivity index (χ4v) is 0.928. The van der Waals surface area contributed by atoms with Crippen LogP contribution in [0.25, 0.3) is 0 Å². The molecule has 0 saturated carbocycles. The Morgan fingerprint density at radius 2 is 2.75 bits per heavy atom. The van der Waals surface area contributed by atoms with Gasteiger partial charge in [-0.1, -0.05) is 0 Å². The molecule has 2 heterocycles. The van der Waals surface area contributed by atoms with Gasteiger partial charge in [0.1, 0.15) is 22.0 Å². The average Bonchev–Trinajstić information content (AvgIpc) is 2.60. The van der Waals surface area contributed by atoms with E-state index in [2.05, 4.69) is 9.98 Å². The molecule has 0 bridgehead atoms. The van der Waals surface area contributed by atoms with E-state index in [9.17, 15) is 4.79 Å². The summed E-state index contributed by atoms with van der Waals surface area (Å²) in [6.45, 7) is 1.40. The van der Waals surface area contributed by atoms with Crippen LogP contribution in [-0.4, -0.2) is 29.9 Å². The molecule has 12 heavy (non-hydrogen) atoms. The first kappa shape index (κ1) is 3.23. The molecule has 0 aromatic rings. The molecule has 0 radical (unpaired) electrons. The van der Waals surface area contributed by atoms with E-state index in [4.69, 9.17) is 8.39 Å². The van der Waals surface area contributed by atoms with E-state index in [0.29, 0.717) is 0 Å². The fraction of sp³-hybridized carbons (Fsp3) is 0.500. The molecule has 4 N–H and O–H groups in total. The van der Waals surface area contributed by atoms with E-state index in [1.54, 1.807) is 0 Å². The van der Waals surface area contributed by atoms with Crippen LogP contribution in [0.2, 0.25) is 5.65 Å². The molecule has 2 aliphatic heterocycles. The van der Waals surface area contributed by atoms with Gasteiger partial charge >= 0.3 is 0 Å². The Morgan fingerprint density at radius 3 is 3.50 bits per heavy atom. The van der Waals surface area contributed by atoms with Gasteiger partial charge in [-0.2, -0.15) is 0 Å². The first-order valence-electron chi connectivity index (χ1n) is 6.01. The van der Waals surface area contributed by atoms with Gasteiger partial charge < -0.3 is 5.31 Å². The van der Waals surface area contributed by atoms with Crippen molar-refractivity contribution < 1.29 is 13.2 Å². The Balaban J connectivity index is 2.60. The van der Waals surface area contributed by atoms with Gasteiger partial charge in [0, 0.05) is 0 Å². The SMILES string of the molecule is [2H]N([2H])C1([2H])N([2H])C(=O)C2=NC(C)=NC2([2H])N1[2H]. The lowest BCUT2D eigenvalue weighted by molar-refractivity contribution is -0.116. The number of carbonyl (C=O) groups is 1. The summed E-state index contributed by atoms with van der Waals surface area (Å²) in [7, 11) is 0. The maximum atomic E-state index is 11.8. The van der Waals surface area contributed by atoms with Crippen LogP contribution in [0.5, 0.6) is 0 Å². The van der Waals surface area contributed by atoms with Crippen molar-refractivity contribution in [2.45, 2.75) is 19.3 Å². The predicted molar refractivity (Wildman–Crippen MR) is 43.6 cm³/mol. The summed E-state index contributed by atoms with van der Waals surface area (Å²) in [4.78, 5) is 19.1. The van der Waals surface area contributed by atoms with Crippen LogP contribution in [0.4, 0.5) is 0 Å². The molecule has 0 aromatic carbocycles. The van der Waals surface area contributed by atoms with Crippen LogP contribution >= 0.6 is 0 Å². The first-order chi connectivity index (χ1) is 8.15. The molecular formula is C6H9N5O. The summed E-state index contributed by atoms with van der Waals surface area (Å²) in [6, 6.07) is 0. The molecule has 1 fully saturated rings. The molecule has 6 nitrogen and oxygen atoms in total. The molecule has 0 spiro atoms. The number of hydrogen-bond acceptors (Lipinski definition) is 5. The number of amidine groups is 1. The maximum absolute atomic E-state index is 11.8. The van der Waals surface area contributed by atoms with Crippen molar-refractivity contribution in [1.82, 2.24) is 10.6 Å². The van der Waals surface area contributed by atoms with Crippen LogP contribution in [-0.2, 0) is 4.79 Å². The van der Waals surface area contributed by atoms with E-state index < -0.39 is 24.0 Å². The van der Waals surface area contributed by atoms with Gasteiger partial charge in [0.15, 0.2) is 7.55 Å². The van der Waals surface area contributed by atoms with E-state index in [0.717, 1.165) is 0 Å². The Kier molecular flexibility index (Phi) is 0.635. The zero-order valence-corrected chi connectivity index (χ0v) is 6.14. The summed E-state index contributed by atoms with van der Waals surface area (Å²) in [6.07, 6.45) is -5.10. The van der Waals surface area contributed by atoms with E-state index in [1.807, 2.05) is 0 Å². The Hall–Kier alpha value is -1.27. The lowest BCUT2D eigenvalue weighted by atomic mass is 10.2. The van der Waals surface area contributed by atoms with Gasteiger partial charge in [-0.3, -0.25) is 15.8 Å². The molecule has 1 saturated heterocycles. The van der Waals surface area contributed by atoms with Crippen molar-refractivity contribution in [3.8, 4) is 0 Å². The standard InChI is InChI=1S/C6H9N5O/c1-2-8-3-4(9-2)10-6(7)11-5(3)12/h4,6,10H,7H2,1H3,(H,11,12)/i4D,6D/hD4. The molecule has 64 valence electrons. The minimum Gasteiger partial charge on any atom is -0.323 e. The molecule has 1 amide bonds. The van der Waals surface area contributed by atoms with Crippen molar-refractivity contribution in [2.24, 2.45) is 15.7 Å². The van der Waals surface area contributed by atoms with Crippen molar-refractivity contribution >= 4 is 17.5 Å². The number of fused-ring (bicyclic) bond motifs is 1. The van der Waals surface area contributed by atoms with Gasteiger partial charge in [0.05, 0.1) is 2.74 Å². The second-order valence-corrected chi connectivity index (χ2v) is 2.27. The monoisotopic (exact) mass is 173 g/mol. The van der Waals surface area contributed by atoms with E-state index in [1.165, 1.54) is 6.92 Å². The second kappa shape index (κ2) is 2.36. The molecule has 0 aliphatic carbocycles. The van der Waals surface area contributed by atoms with Crippen molar-refractivity contribution in [3.05, 3.63) is 0 Å². The highest BCUT2D eigenvalue weighted by Gasteiger charge is 2.33. The van der Waals surface area contributed by atoms with Gasteiger partial charge in [-0.05, 0) is 6.92 Å². The Bertz CT molecular complexity index is 481. The Morgan fingerprint density at radius 1 is 1.92 bits per heavy atom. The highest BCUT2D eigenvalue weighted by molar-refractivity contribution is 6.44. The highest BCUT2D eigenvalue weighted by atomic mass is 16.2. The number of nitrogens with zero attached hydrogens (tertiary/aromatic N) is 2. The quantitative estimate of drug-likeness (QED) is 0.434. The number of nitrogens with one attached hydrogen (secondary N) is 2. The largest absolute Gasteiger partial charge is 0.323 e. The van der Waals surface area contributed by atoms with Gasteiger partial charge in [0.25, 0.3) is 5.91 Å². The normalized spacial score (nSPS) is 55.8. The third-order valence-electron chi connectivity index (χ3n) is 1.36. The number of amides is 1. The molecule has 2 atom stereocenters. The van der Waals surface area contributed by atoms with Crippen LogP contribution < -0.4 is 16.3 Å². The topological polar surface area (TPSA) is 91.9 Å². The summed E-state index contributed by atoms with van der Waals surface area (Å²) in [5, 5.41) is 0.0451. The van der Waals surface area contributed by atoms with Crippen LogP contribution in [0.1, 0.15) is 9.67 Å². The predicted octanol–water partition coefficient (Wildman–Crippen LogP) is -1.85. The number of rotatable bonds is 1. The van der Waals surface area contributed by atoms with Gasteiger partial charge in [-0.25, -0.2) is 9.98 Å².